The van der Waals surface area contributed by atoms with Crippen LogP contribution in [-0.2, 0) is 6.42 Å². The normalized spacial score (nSPS) is 12.2. The Morgan fingerprint density at radius 3 is 2.54 bits per heavy atom. The Morgan fingerprint density at radius 1 is 0.917 bits per heavy atom. The van der Waals surface area contributed by atoms with Gasteiger partial charge in [0.2, 0.25) is 11.8 Å². The maximum atomic E-state index is 5.98. The van der Waals surface area contributed by atoms with Crippen LogP contribution in [0, 0.1) is 6.92 Å². The van der Waals surface area contributed by atoms with Crippen LogP contribution in [0.15, 0.2) is 59.0 Å². The number of aromatic nitrogens is 3. The summed E-state index contributed by atoms with van der Waals surface area (Å²) in [4.78, 5) is 3.50. The van der Waals surface area contributed by atoms with Crippen molar-refractivity contribution in [2.24, 2.45) is 0 Å². The van der Waals surface area contributed by atoms with E-state index in [2.05, 4.69) is 46.4 Å². The fraction of sp³-hybridized carbons (Fsp3) is 0.100. The van der Waals surface area contributed by atoms with Gasteiger partial charge in [-0.05, 0) is 30.2 Å². The molecule has 2 heterocycles. The Hall–Kier alpha value is -3.14. The predicted molar refractivity (Wildman–Crippen MR) is 92.5 cm³/mol. The molecule has 0 saturated heterocycles. The lowest BCUT2D eigenvalue weighted by atomic mass is 10.1. The minimum absolute atomic E-state index is 0.551. The molecule has 2 aromatic heterocycles. The van der Waals surface area contributed by atoms with E-state index >= 15 is 0 Å². The van der Waals surface area contributed by atoms with Gasteiger partial charge in [-0.2, -0.15) is 0 Å². The SMILES string of the molecule is Cc1[nH]c2c(c1-c1nnc(-c3ccccc3)o1)Cc1ccccc1-2. The van der Waals surface area contributed by atoms with Crippen molar-refractivity contribution >= 4 is 0 Å². The molecule has 0 spiro atoms. The molecule has 116 valence electrons. The fourth-order valence-electron chi connectivity index (χ4n) is 3.50. The Morgan fingerprint density at radius 2 is 1.67 bits per heavy atom. The molecule has 1 N–H and O–H groups in total. The molecule has 4 aromatic rings. The van der Waals surface area contributed by atoms with Crippen LogP contribution in [-0.4, -0.2) is 15.2 Å². The van der Waals surface area contributed by atoms with Crippen LogP contribution in [0.3, 0.4) is 0 Å². The highest BCUT2D eigenvalue weighted by molar-refractivity contribution is 5.83. The summed E-state index contributed by atoms with van der Waals surface area (Å²) >= 11 is 0. The van der Waals surface area contributed by atoms with Gasteiger partial charge in [-0.15, -0.1) is 10.2 Å². The molecule has 0 atom stereocenters. The Bertz CT molecular complexity index is 1040. The topological polar surface area (TPSA) is 54.7 Å². The Labute approximate surface area is 139 Å². The van der Waals surface area contributed by atoms with Crippen LogP contribution in [0.2, 0.25) is 0 Å². The maximum Gasteiger partial charge on any atom is 0.250 e. The van der Waals surface area contributed by atoms with Crippen molar-refractivity contribution in [1.29, 1.82) is 0 Å². The summed E-state index contributed by atoms with van der Waals surface area (Å²) in [7, 11) is 0. The van der Waals surface area contributed by atoms with Crippen LogP contribution >= 0.6 is 0 Å². The highest BCUT2D eigenvalue weighted by Crippen LogP contribution is 2.43. The van der Waals surface area contributed by atoms with E-state index in [9.17, 15) is 0 Å². The number of nitrogens with zero attached hydrogens (tertiary/aromatic N) is 2. The zero-order valence-corrected chi connectivity index (χ0v) is 13.2. The van der Waals surface area contributed by atoms with Gasteiger partial charge >= 0.3 is 0 Å². The molecular weight excluding hydrogens is 298 g/mol. The molecule has 1 aliphatic carbocycles. The van der Waals surface area contributed by atoms with Gasteiger partial charge in [-0.3, -0.25) is 0 Å². The molecule has 0 fully saturated rings. The minimum atomic E-state index is 0.551. The first-order valence-corrected chi connectivity index (χ1v) is 8.00. The van der Waals surface area contributed by atoms with E-state index in [1.807, 2.05) is 30.3 Å². The van der Waals surface area contributed by atoms with E-state index < -0.39 is 0 Å². The van der Waals surface area contributed by atoms with Crippen LogP contribution in [0.4, 0.5) is 0 Å². The summed E-state index contributed by atoms with van der Waals surface area (Å²) in [6, 6.07) is 18.3. The average molecular weight is 313 g/mol. The number of aryl methyl sites for hydroxylation is 1. The highest BCUT2D eigenvalue weighted by atomic mass is 16.4. The maximum absolute atomic E-state index is 5.98. The molecule has 1 aliphatic rings. The monoisotopic (exact) mass is 313 g/mol. The van der Waals surface area contributed by atoms with E-state index in [0.717, 1.165) is 23.2 Å². The number of aromatic amines is 1. The summed E-state index contributed by atoms with van der Waals surface area (Å²) < 4.78 is 5.98. The largest absolute Gasteiger partial charge is 0.416 e. The highest BCUT2D eigenvalue weighted by Gasteiger charge is 2.28. The number of hydrogen-bond donors (Lipinski definition) is 1. The van der Waals surface area contributed by atoms with Gasteiger partial charge in [0.15, 0.2) is 0 Å². The third kappa shape index (κ3) is 1.86. The zero-order valence-electron chi connectivity index (χ0n) is 13.2. The van der Waals surface area contributed by atoms with E-state index in [1.165, 1.54) is 22.4 Å². The van der Waals surface area contributed by atoms with Crippen molar-refractivity contribution in [3.63, 3.8) is 0 Å². The van der Waals surface area contributed by atoms with E-state index in [1.54, 1.807) is 0 Å². The van der Waals surface area contributed by atoms with Crippen molar-refractivity contribution in [2.45, 2.75) is 13.3 Å². The summed E-state index contributed by atoms with van der Waals surface area (Å²) in [6.07, 6.45) is 0.897. The van der Waals surface area contributed by atoms with Crippen LogP contribution in [0.25, 0.3) is 34.2 Å². The van der Waals surface area contributed by atoms with Gasteiger partial charge in [-0.25, -0.2) is 0 Å². The van der Waals surface area contributed by atoms with Gasteiger partial charge in [-0.1, -0.05) is 42.5 Å². The number of H-pyrrole nitrogens is 1. The number of benzene rings is 2. The first-order chi connectivity index (χ1) is 11.8. The second kappa shape index (κ2) is 4.93. The van der Waals surface area contributed by atoms with Crippen molar-refractivity contribution < 1.29 is 4.42 Å². The number of nitrogens with one attached hydrogen (secondary N) is 1. The lowest BCUT2D eigenvalue weighted by molar-refractivity contribution is 0.583. The molecule has 0 aliphatic heterocycles. The summed E-state index contributed by atoms with van der Waals surface area (Å²) in [5.74, 6) is 1.13. The second-order valence-electron chi connectivity index (χ2n) is 6.09. The van der Waals surface area contributed by atoms with Crippen LogP contribution in [0.5, 0.6) is 0 Å². The van der Waals surface area contributed by atoms with E-state index in [4.69, 9.17) is 4.42 Å². The average Bonchev–Trinajstić information content (AvgIpc) is 3.29. The molecule has 2 aromatic carbocycles. The van der Waals surface area contributed by atoms with Gasteiger partial charge in [0.25, 0.3) is 0 Å². The zero-order chi connectivity index (χ0) is 16.1. The third-order valence-electron chi connectivity index (χ3n) is 4.60. The first kappa shape index (κ1) is 13.3. The van der Waals surface area contributed by atoms with Crippen molar-refractivity contribution in [3.8, 4) is 34.2 Å². The predicted octanol–water partition coefficient (Wildman–Crippen LogP) is 4.61. The van der Waals surface area contributed by atoms with E-state index in [-0.39, 0.29) is 0 Å². The first-order valence-electron chi connectivity index (χ1n) is 8.00. The van der Waals surface area contributed by atoms with E-state index in [0.29, 0.717) is 11.8 Å². The molecule has 24 heavy (non-hydrogen) atoms. The van der Waals surface area contributed by atoms with Crippen LogP contribution < -0.4 is 0 Å². The molecule has 0 amide bonds. The molecule has 0 radical (unpaired) electrons. The number of fused-ring (bicyclic) bond motifs is 3. The number of hydrogen-bond acceptors (Lipinski definition) is 3. The molecule has 0 unspecified atom stereocenters. The third-order valence-corrected chi connectivity index (χ3v) is 4.60. The lowest BCUT2D eigenvalue weighted by Gasteiger charge is -2.00. The van der Waals surface area contributed by atoms with Crippen molar-refractivity contribution in [1.82, 2.24) is 15.2 Å². The lowest BCUT2D eigenvalue weighted by Crippen LogP contribution is -1.87. The molecule has 4 nitrogen and oxygen atoms in total. The van der Waals surface area contributed by atoms with Crippen molar-refractivity contribution in [2.75, 3.05) is 0 Å². The second-order valence-corrected chi connectivity index (χ2v) is 6.09. The summed E-state index contributed by atoms with van der Waals surface area (Å²) in [6.45, 7) is 2.06. The van der Waals surface area contributed by atoms with Gasteiger partial charge < -0.3 is 9.40 Å². The van der Waals surface area contributed by atoms with Gasteiger partial charge in [0, 0.05) is 23.2 Å². The molecular formula is C20H15N3O. The summed E-state index contributed by atoms with van der Waals surface area (Å²) in [5, 5.41) is 8.53. The molecule has 0 bridgehead atoms. The fourth-order valence-corrected chi connectivity index (χ4v) is 3.50. The molecule has 5 rings (SSSR count). The molecule has 0 saturated carbocycles. The smallest absolute Gasteiger partial charge is 0.250 e. The number of rotatable bonds is 2. The van der Waals surface area contributed by atoms with Crippen molar-refractivity contribution in [3.05, 3.63) is 71.4 Å². The van der Waals surface area contributed by atoms with Gasteiger partial charge in [0.05, 0.1) is 11.3 Å². The van der Waals surface area contributed by atoms with Crippen LogP contribution in [0.1, 0.15) is 16.8 Å². The van der Waals surface area contributed by atoms with Gasteiger partial charge in [0.1, 0.15) is 0 Å². The molecule has 4 heteroatoms. The Balaban J connectivity index is 1.63. The summed E-state index contributed by atoms with van der Waals surface area (Å²) in [5.41, 5.74) is 8.07. The standard InChI is InChI=1S/C20H15N3O/c1-12-17(16-11-14-9-5-6-10-15(14)18(16)21-12)20-23-22-19(24-20)13-7-3-2-4-8-13/h2-10,21H,11H2,1H3. The quantitative estimate of drug-likeness (QED) is 0.518. The minimum Gasteiger partial charge on any atom is -0.416 e. The Kier molecular flexibility index (Phi) is 2.73.